The van der Waals surface area contributed by atoms with Crippen molar-refractivity contribution in [2.75, 3.05) is 11.9 Å². The minimum Gasteiger partial charge on any atom is -0.329 e. The van der Waals surface area contributed by atoms with Crippen molar-refractivity contribution in [2.24, 2.45) is 11.1 Å². The van der Waals surface area contributed by atoms with E-state index in [1.165, 1.54) is 0 Å². The first-order valence-corrected chi connectivity index (χ1v) is 6.50. The molecule has 0 spiro atoms. The number of halogens is 1. The molecule has 1 aromatic carbocycles. The lowest BCUT2D eigenvalue weighted by molar-refractivity contribution is -0.124. The van der Waals surface area contributed by atoms with Crippen LogP contribution in [0.2, 0.25) is 0 Å². The third-order valence-corrected chi connectivity index (χ3v) is 4.27. The van der Waals surface area contributed by atoms with Crippen molar-refractivity contribution in [1.29, 1.82) is 0 Å². The van der Waals surface area contributed by atoms with Crippen LogP contribution in [-0.2, 0) is 4.79 Å². The van der Waals surface area contributed by atoms with Crippen LogP contribution in [0, 0.1) is 12.3 Å². The largest absolute Gasteiger partial charge is 0.329 e. The van der Waals surface area contributed by atoms with Gasteiger partial charge in [0, 0.05) is 11.0 Å². The summed E-state index contributed by atoms with van der Waals surface area (Å²) in [5, 5.41) is 2.93. The lowest BCUT2D eigenvalue weighted by Crippen LogP contribution is -2.39. The van der Waals surface area contributed by atoms with Crippen molar-refractivity contribution in [3.63, 3.8) is 0 Å². The Hall–Kier alpha value is -0.870. The zero-order valence-corrected chi connectivity index (χ0v) is 12.1. The quantitative estimate of drug-likeness (QED) is 0.897. The summed E-state index contributed by atoms with van der Waals surface area (Å²) in [6.45, 7) is 6.18. The zero-order valence-electron chi connectivity index (χ0n) is 10.5. The molecule has 1 atom stereocenters. The van der Waals surface area contributed by atoms with Crippen LogP contribution in [0.25, 0.3) is 0 Å². The van der Waals surface area contributed by atoms with Gasteiger partial charge in [-0.3, -0.25) is 4.79 Å². The summed E-state index contributed by atoms with van der Waals surface area (Å²) in [6, 6.07) is 5.78. The predicted molar refractivity (Wildman–Crippen MR) is 75.0 cm³/mol. The van der Waals surface area contributed by atoms with Gasteiger partial charge in [0.05, 0.1) is 11.1 Å². The number of benzene rings is 1. The molecular weight excluding hydrogens is 280 g/mol. The Morgan fingerprint density at radius 1 is 1.53 bits per heavy atom. The number of amides is 1. The van der Waals surface area contributed by atoms with E-state index in [0.29, 0.717) is 6.54 Å². The minimum atomic E-state index is -0.511. The first-order valence-electron chi connectivity index (χ1n) is 5.71. The summed E-state index contributed by atoms with van der Waals surface area (Å²) in [5.74, 6) is -0.0335. The van der Waals surface area contributed by atoms with Crippen molar-refractivity contribution in [3.8, 4) is 0 Å². The molecule has 0 bridgehead atoms. The number of carbonyl (C=O) groups excluding carboxylic acids is 1. The number of anilines is 1. The molecule has 0 aliphatic rings. The molecule has 1 amide bonds. The molecule has 0 saturated carbocycles. The van der Waals surface area contributed by atoms with Gasteiger partial charge in [-0.25, -0.2) is 0 Å². The molecule has 0 saturated heterocycles. The van der Waals surface area contributed by atoms with Crippen LogP contribution in [-0.4, -0.2) is 12.5 Å². The van der Waals surface area contributed by atoms with Gasteiger partial charge in [-0.05, 0) is 47.8 Å². The maximum absolute atomic E-state index is 12.1. The number of nitrogens with two attached hydrogens (primary N) is 1. The maximum Gasteiger partial charge on any atom is 0.231 e. The van der Waals surface area contributed by atoms with Gasteiger partial charge in [-0.15, -0.1) is 0 Å². The van der Waals surface area contributed by atoms with E-state index in [1.54, 1.807) is 0 Å². The highest BCUT2D eigenvalue weighted by molar-refractivity contribution is 9.10. The molecule has 4 heteroatoms. The molecule has 3 N–H and O–H groups in total. The van der Waals surface area contributed by atoms with Crippen LogP contribution >= 0.6 is 15.9 Å². The average Bonchev–Trinajstić information content (AvgIpc) is 2.33. The third kappa shape index (κ3) is 3.07. The second-order valence-electron chi connectivity index (χ2n) is 4.51. The Labute approximate surface area is 111 Å². The maximum atomic E-state index is 12.1. The Bertz CT molecular complexity index is 414. The lowest BCUT2D eigenvalue weighted by atomic mass is 9.86. The van der Waals surface area contributed by atoms with E-state index >= 15 is 0 Å². The van der Waals surface area contributed by atoms with Crippen molar-refractivity contribution < 1.29 is 4.79 Å². The second-order valence-corrected chi connectivity index (χ2v) is 5.30. The molecule has 0 radical (unpaired) electrons. The number of rotatable bonds is 4. The smallest absolute Gasteiger partial charge is 0.231 e. The number of carbonyl (C=O) groups is 1. The fraction of sp³-hybridized carbons (Fsp3) is 0.462. The Kier molecular flexibility index (Phi) is 4.71. The van der Waals surface area contributed by atoms with Gasteiger partial charge in [0.25, 0.3) is 0 Å². The zero-order chi connectivity index (χ0) is 13.1. The van der Waals surface area contributed by atoms with Crippen molar-refractivity contribution in [2.45, 2.75) is 27.2 Å². The summed E-state index contributed by atoms with van der Waals surface area (Å²) >= 11 is 3.47. The summed E-state index contributed by atoms with van der Waals surface area (Å²) in [5.41, 5.74) is 7.04. The van der Waals surface area contributed by atoms with E-state index < -0.39 is 5.41 Å². The average molecular weight is 299 g/mol. The lowest BCUT2D eigenvalue weighted by Gasteiger charge is -2.25. The molecular formula is C13H19BrN2O. The van der Waals surface area contributed by atoms with Crippen molar-refractivity contribution >= 4 is 27.5 Å². The predicted octanol–water partition coefficient (Wildman–Crippen LogP) is 3.07. The summed E-state index contributed by atoms with van der Waals surface area (Å²) in [7, 11) is 0. The monoisotopic (exact) mass is 298 g/mol. The molecule has 1 aromatic rings. The van der Waals surface area contributed by atoms with Gasteiger partial charge < -0.3 is 11.1 Å². The summed E-state index contributed by atoms with van der Waals surface area (Å²) in [4.78, 5) is 12.1. The number of hydrogen-bond donors (Lipinski definition) is 2. The Morgan fingerprint density at radius 3 is 2.71 bits per heavy atom. The summed E-state index contributed by atoms with van der Waals surface area (Å²) in [6.07, 6.45) is 0.721. The van der Waals surface area contributed by atoms with Gasteiger partial charge in [0.2, 0.25) is 5.91 Å². The fourth-order valence-corrected chi connectivity index (χ4v) is 1.78. The molecule has 0 heterocycles. The second kappa shape index (κ2) is 5.65. The van der Waals surface area contributed by atoms with E-state index in [4.69, 9.17) is 5.73 Å². The minimum absolute atomic E-state index is 0.0335. The third-order valence-electron chi connectivity index (χ3n) is 3.22. The van der Waals surface area contributed by atoms with Crippen LogP contribution in [0.1, 0.15) is 25.8 Å². The van der Waals surface area contributed by atoms with Crippen LogP contribution in [0.4, 0.5) is 5.69 Å². The van der Waals surface area contributed by atoms with Crippen LogP contribution in [0.5, 0.6) is 0 Å². The Balaban J connectivity index is 2.92. The van der Waals surface area contributed by atoms with Crippen LogP contribution < -0.4 is 11.1 Å². The van der Waals surface area contributed by atoms with Gasteiger partial charge in [-0.2, -0.15) is 0 Å². The number of hydrogen-bond acceptors (Lipinski definition) is 2. The van der Waals surface area contributed by atoms with Gasteiger partial charge in [0.1, 0.15) is 0 Å². The molecule has 17 heavy (non-hydrogen) atoms. The molecule has 0 aliphatic heterocycles. The van der Waals surface area contributed by atoms with E-state index in [-0.39, 0.29) is 5.91 Å². The standard InChI is InChI=1S/C13H19BrN2O/c1-4-13(3,8-15)12(17)16-10-7-5-6-9(2)11(10)14/h5-7H,4,8,15H2,1-3H3,(H,16,17). The Morgan fingerprint density at radius 2 is 2.18 bits per heavy atom. The highest BCUT2D eigenvalue weighted by atomic mass is 79.9. The number of nitrogens with one attached hydrogen (secondary N) is 1. The molecule has 0 aliphatic carbocycles. The molecule has 94 valence electrons. The normalized spacial score (nSPS) is 14.2. The van der Waals surface area contributed by atoms with Gasteiger partial charge >= 0.3 is 0 Å². The molecule has 3 nitrogen and oxygen atoms in total. The van der Waals surface area contributed by atoms with Crippen molar-refractivity contribution in [1.82, 2.24) is 0 Å². The van der Waals surface area contributed by atoms with Crippen LogP contribution in [0.3, 0.4) is 0 Å². The molecule has 0 fully saturated rings. The molecule has 1 unspecified atom stereocenters. The summed E-state index contributed by atoms with van der Waals surface area (Å²) < 4.78 is 0.920. The van der Waals surface area contributed by atoms with Gasteiger partial charge in [0.15, 0.2) is 0 Å². The topological polar surface area (TPSA) is 55.1 Å². The van der Waals surface area contributed by atoms with Crippen LogP contribution in [0.15, 0.2) is 22.7 Å². The van der Waals surface area contributed by atoms with E-state index in [9.17, 15) is 4.79 Å². The van der Waals surface area contributed by atoms with E-state index in [1.807, 2.05) is 39.0 Å². The van der Waals surface area contributed by atoms with Gasteiger partial charge in [-0.1, -0.05) is 19.1 Å². The number of aryl methyl sites for hydroxylation is 1. The highest BCUT2D eigenvalue weighted by Crippen LogP contribution is 2.28. The van der Waals surface area contributed by atoms with E-state index in [0.717, 1.165) is 22.1 Å². The SMILES string of the molecule is CCC(C)(CN)C(=O)Nc1cccc(C)c1Br. The first kappa shape index (κ1) is 14.2. The first-order chi connectivity index (χ1) is 7.94. The fourth-order valence-electron chi connectivity index (χ4n) is 1.41. The van der Waals surface area contributed by atoms with E-state index in [2.05, 4.69) is 21.2 Å². The molecule has 1 rings (SSSR count). The highest BCUT2D eigenvalue weighted by Gasteiger charge is 2.29. The van der Waals surface area contributed by atoms with Crippen molar-refractivity contribution in [3.05, 3.63) is 28.2 Å². The molecule has 0 aromatic heterocycles.